The number of piperidine rings is 1. The molecule has 1 aromatic heterocycles. The molecule has 3 rings (SSSR count). The van der Waals surface area contributed by atoms with E-state index in [-0.39, 0.29) is 29.2 Å². The summed E-state index contributed by atoms with van der Waals surface area (Å²) >= 11 is 0. The third-order valence-corrected chi connectivity index (χ3v) is 5.60. The molecular formula is C18H26N4O5. The van der Waals surface area contributed by atoms with Crippen LogP contribution in [0.3, 0.4) is 0 Å². The molecule has 0 atom stereocenters. The zero-order chi connectivity index (χ0) is 19.4. The Kier molecular flexibility index (Phi) is 5.79. The van der Waals surface area contributed by atoms with Crippen molar-refractivity contribution >= 4 is 11.8 Å². The van der Waals surface area contributed by atoms with Crippen molar-refractivity contribution in [2.75, 3.05) is 39.9 Å². The van der Waals surface area contributed by atoms with Gasteiger partial charge in [-0.15, -0.1) is 0 Å². The van der Waals surface area contributed by atoms with E-state index in [9.17, 15) is 19.2 Å². The van der Waals surface area contributed by atoms with Crippen molar-refractivity contribution in [3.8, 4) is 0 Å². The molecule has 27 heavy (non-hydrogen) atoms. The summed E-state index contributed by atoms with van der Waals surface area (Å²) in [6.07, 6.45) is 4.19. The first-order valence-electron chi connectivity index (χ1n) is 9.28. The number of hydrogen-bond donors (Lipinski definition) is 2. The van der Waals surface area contributed by atoms with Crippen molar-refractivity contribution in [3.63, 3.8) is 0 Å². The lowest BCUT2D eigenvalue weighted by molar-refractivity contribution is -0.132. The van der Waals surface area contributed by atoms with E-state index in [1.165, 1.54) is 6.20 Å². The third kappa shape index (κ3) is 4.47. The fourth-order valence-corrected chi connectivity index (χ4v) is 3.99. The van der Waals surface area contributed by atoms with Crippen LogP contribution >= 0.6 is 0 Å². The molecular weight excluding hydrogens is 352 g/mol. The highest BCUT2D eigenvalue weighted by atomic mass is 16.5. The second kappa shape index (κ2) is 8.08. The van der Waals surface area contributed by atoms with Gasteiger partial charge in [0.2, 0.25) is 11.8 Å². The average molecular weight is 378 g/mol. The molecule has 2 aliphatic heterocycles. The minimum Gasteiger partial charge on any atom is -0.385 e. The highest BCUT2D eigenvalue weighted by Crippen LogP contribution is 2.41. The molecule has 2 amide bonds. The zero-order valence-corrected chi connectivity index (χ0v) is 15.6. The van der Waals surface area contributed by atoms with E-state index >= 15 is 0 Å². The molecule has 1 aromatic rings. The quantitative estimate of drug-likeness (QED) is 0.647. The van der Waals surface area contributed by atoms with Gasteiger partial charge >= 0.3 is 5.69 Å². The Hall–Kier alpha value is -2.42. The summed E-state index contributed by atoms with van der Waals surface area (Å²) in [6, 6.07) is 0. The van der Waals surface area contributed by atoms with E-state index in [0.717, 1.165) is 25.8 Å². The van der Waals surface area contributed by atoms with E-state index in [4.69, 9.17) is 4.74 Å². The van der Waals surface area contributed by atoms with Crippen molar-refractivity contribution in [1.29, 1.82) is 0 Å². The maximum absolute atomic E-state index is 12.5. The number of hydrogen-bond acceptors (Lipinski definition) is 5. The van der Waals surface area contributed by atoms with Gasteiger partial charge < -0.3 is 19.5 Å². The Morgan fingerprint density at radius 1 is 1.26 bits per heavy atom. The van der Waals surface area contributed by atoms with E-state index in [1.54, 1.807) is 12.0 Å². The molecule has 3 heterocycles. The maximum Gasteiger partial charge on any atom is 0.325 e. The molecule has 1 spiro atoms. The smallest absolute Gasteiger partial charge is 0.325 e. The van der Waals surface area contributed by atoms with Gasteiger partial charge in [-0.05, 0) is 19.3 Å². The molecule has 2 N–H and O–H groups in total. The lowest BCUT2D eigenvalue weighted by atomic mass is 9.77. The topological polar surface area (TPSA) is 116 Å². The Morgan fingerprint density at radius 2 is 2.00 bits per heavy atom. The van der Waals surface area contributed by atoms with Crippen LogP contribution in [0.15, 0.2) is 15.8 Å². The number of H-pyrrole nitrogens is 2. The van der Waals surface area contributed by atoms with E-state index in [1.807, 2.05) is 4.90 Å². The summed E-state index contributed by atoms with van der Waals surface area (Å²) in [5.74, 6) is 0.0503. The fraction of sp³-hybridized carbons (Fsp3) is 0.667. The molecule has 2 fully saturated rings. The summed E-state index contributed by atoms with van der Waals surface area (Å²) in [5, 5.41) is 0. The summed E-state index contributed by atoms with van der Waals surface area (Å²) in [7, 11) is 1.65. The van der Waals surface area contributed by atoms with Gasteiger partial charge in [-0.2, -0.15) is 0 Å². The summed E-state index contributed by atoms with van der Waals surface area (Å²) in [5.41, 5.74) is -0.915. The lowest BCUT2D eigenvalue weighted by Crippen LogP contribution is -2.45. The zero-order valence-electron chi connectivity index (χ0n) is 15.6. The van der Waals surface area contributed by atoms with Crippen LogP contribution in [-0.4, -0.2) is 71.5 Å². The van der Waals surface area contributed by atoms with Gasteiger partial charge in [-0.3, -0.25) is 19.4 Å². The van der Waals surface area contributed by atoms with Crippen molar-refractivity contribution < 1.29 is 14.3 Å². The van der Waals surface area contributed by atoms with Gasteiger partial charge in [0.05, 0.1) is 6.42 Å². The van der Waals surface area contributed by atoms with Crippen LogP contribution in [-0.2, 0) is 20.7 Å². The van der Waals surface area contributed by atoms with Gasteiger partial charge in [0.15, 0.2) is 0 Å². The summed E-state index contributed by atoms with van der Waals surface area (Å²) < 4.78 is 5.05. The number of nitrogens with one attached hydrogen (secondary N) is 2. The van der Waals surface area contributed by atoms with Gasteiger partial charge in [0.25, 0.3) is 5.56 Å². The number of carbonyl (C=O) groups excluding carboxylic acids is 2. The first-order chi connectivity index (χ1) is 12.9. The minimum absolute atomic E-state index is 0.0405. The highest BCUT2D eigenvalue weighted by molar-refractivity contribution is 5.80. The molecule has 0 aromatic carbocycles. The molecule has 0 radical (unpaired) electrons. The van der Waals surface area contributed by atoms with Crippen LogP contribution in [0.4, 0.5) is 0 Å². The van der Waals surface area contributed by atoms with Crippen LogP contribution < -0.4 is 11.2 Å². The molecule has 2 saturated heterocycles. The van der Waals surface area contributed by atoms with Crippen LogP contribution in [0, 0.1) is 5.41 Å². The van der Waals surface area contributed by atoms with E-state index in [0.29, 0.717) is 32.7 Å². The van der Waals surface area contributed by atoms with Gasteiger partial charge in [-0.25, -0.2) is 4.79 Å². The number of aromatic nitrogens is 2. The largest absolute Gasteiger partial charge is 0.385 e. The predicted octanol–water partition coefficient (Wildman–Crippen LogP) is -0.517. The number of ether oxygens (including phenoxy) is 1. The van der Waals surface area contributed by atoms with Crippen molar-refractivity contribution in [2.45, 2.75) is 32.1 Å². The summed E-state index contributed by atoms with van der Waals surface area (Å²) in [4.78, 5) is 55.8. The fourth-order valence-electron chi connectivity index (χ4n) is 3.99. The van der Waals surface area contributed by atoms with Crippen molar-refractivity contribution in [1.82, 2.24) is 19.8 Å². The number of amides is 2. The molecule has 148 valence electrons. The van der Waals surface area contributed by atoms with Crippen molar-refractivity contribution in [2.24, 2.45) is 5.41 Å². The molecule has 9 nitrogen and oxygen atoms in total. The molecule has 9 heteroatoms. The van der Waals surface area contributed by atoms with Crippen molar-refractivity contribution in [3.05, 3.63) is 32.6 Å². The maximum atomic E-state index is 12.5. The average Bonchev–Trinajstić information content (AvgIpc) is 2.93. The molecule has 0 aliphatic carbocycles. The van der Waals surface area contributed by atoms with Crippen LogP contribution in [0.1, 0.15) is 31.2 Å². The normalized spacial score (nSPS) is 19.1. The summed E-state index contributed by atoms with van der Waals surface area (Å²) in [6.45, 7) is 3.27. The molecule has 2 aliphatic rings. The lowest BCUT2D eigenvalue weighted by Gasteiger charge is -2.38. The van der Waals surface area contributed by atoms with E-state index in [2.05, 4.69) is 9.97 Å². The first-order valence-corrected chi connectivity index (χ1v) is 9.28. The van der Waals surface area contributed by atoms with Crippen LogP contribution in [0.25, 0.3) is 0 Å². The number of carbonyl (C=O) groups is 2. The SMILES string of the molecule is COCCCN1CC2(CCN(C(=O)Cc3c[nH]c(=O)[nH]c3=O)CC2)CC1=O. The Morgan fingerprint density at radius 3 is 2.67 bits per heavy atom. The standard InChI is InChI=1S/C18H26N4O5/c1-27-8-2-5-22-12-18(10-15(22)24)3-6-21(7-4-18)14(23)9-13-11-19-17(26)20-16(13)25/h11H,2-10,12H2,1H3,(H2,19,20,25,26). The first kappa shape index (κ1) is 19.3. The number of aromatic amines is 2. The number of methoxy groups -OCH3 is 1. The second-order valence-corrected chi connectivity index (χ2v) is 7.49. The minimum atomic E-state index is -0.586. The highest BCUT2D eigenvalue weighted by Gasteiger charge is 2.45. The number of rotatable bonds is 6. The van der Waals surface area contributed by atoms with Gasteiger partial charge in [0, 0.05) is 63.5 Å². The van der Waals surface area contributed by atoms with E-state index < -0.39 is 11.2 Å². The van der Waals surface area contributed by atoms with Gasteiger partial charge in [-0.1, -0.05) is 0 Å². The van der Waals surface area contributed by atoms with Crippen LogP contribution in [0.5, 0.6) is 0 Å². The second-order valence-electron chi connectivity index (χ2n) is 7.49. The molecule has 0 unspecified atom stereocenters. The monoisotopic (exact) mass is 378 g/mol. The molecule has 0 bridgehead atoms. The third-order valence-electron chi connectivity index (χ3n) is 5.60. The Balaban J connectivity index is 1.54. The number of likely N-dealkylation sites (tertiary alicyclic amines) is 2. The Labute approximate surface area is 156 Å². The number of nitrogens with zero attached hydrogens (tertiary/aromatic N) is 2. The molecule has 0 saturated carbocycles. The van der Waals surface area contributed by atoms with Gasteiger partial charge in [0.1, 0.15) is 0 Å². The Bertz CT molecular complexity index is 806. The predicted molar refractivity (Wildman–Crippen MR) is 97.3 cm³/mol. The van der Waals surface area contributed by atoms with Crippen LogP contribution in [0.2, 0.25) is 0 Å².